The Kier molecular flexibility index (Phi) is 3.06. The molecule has 1 aliphatic rings. The van der Waals surface area contributed by atoms with E-state index in [4.69, 9.17) is 9.47 Å². The van der Waals surface area contributed by atoms with Gasteiger partial charge in [-0.25, -0.2) is 0 Å². The molecule has 0 radical (unpaired) electrons. The first-order chi connectivity index (χ1) is 6.81. The van der Waals surface area contributed by atoms with Crippen LogP contribution in [-0.4, -0.2) is 30.3 Å². The maximum Gasteiger partial charge on any atom is 0.253 e. The van der Waals surface area contributed by atoms with Gasteiger partial charge in [-0.15, -0.1) is 6.58 Å². The van der Waals surface area contributed by atoms with Crippen LogP contribution >= 0.6 is 0 Å². The van der Waals surface area contributed by atoms with Crippen LogP contribution in [0.3, 0.4) is 0 Å². The lowest BCUT2D eigenvalue weighted by Crippen LogP contribution is -2.58. The van der Waals surface area contributed by atoms with E-state index < -0.39 is 23.6 Å². The van der Waals surface area contributed by atoms with E-state index in [1.165, 1.54) is 6.08 Å². The monoisotopic (exact) mass is 215 g/mol. The third-order valence-corrected chi connectivity index (χ3v) is 2.41. The lowest BCUT2D eigenvalue weighted by molar-refractivity contribution is -0.346. The summed E-state index contributed by atoms with van der Waals surface area (Å²) in [4.78, 5) is 10.4. The summed E-state index contributed by atoms with van der Waals surface area (Å²) >= 11 is 0. The Labute approximate surface area is 88.6 Å². The Hall–Kier alpha value is -1.07. The second-order valence-corrected chi connectivity index (χ2v) is 3.96. The number of carboxylic acid groups (broad SMARTS) is 1. The molecule has 0 amide bonds. The summed E-state index contributed by atoms with van der Waals surface area (Å²) in [5.41, 5.74) is -1.19. The number of carbonyl (C=O) groups excluding carboxylic acids is 1. The van der Waals surface area contributed by atoms with Crippen LogP contribution in [0.15, 0.2) is 12.7 Å². The Morgan fingerprint density at radius 1 is 1.67 bits per heavy atom. The number of ether oxygens (including phenoxy) is 3. The van der Waals surface area contributed by atoms with Crippen molar-refractivity contribution in [3.63, 3.8) is 0 Å². The van der Waals surface area contributed by atoms with E-state index in [0.717, 1.165) is 0 Å². The molecule has 0 aromatic carbocycles. The van der Waals surface area contributed by atoms with Gasteiger partial charge >= 0.3 is 0 Å². The van der Waals surface area contributed by atoms with Crippen molar-refractivity contribution in [1.82, 2.24) is 0 Å². The number of rotatable bonds is 2. The van der Waals surface area contributed by atoms with E-state index in [0.29, 0.717) is 0 Å². The van der Waals surface area contributed by atoms with Gasteiger partial charge in [0, 0.05) is 0 Å². The smallest absolute Gasteiger partial charge is 0.253 e. The predicted octanol–water partition coefficient (Wildman–Crippen LogP) is 0.442. The highest BCUT2D eigenvalue weighted by molar-refractivity contribution is 5.55. The highest BCUT2D eigenvalue weighted by atomic mass is 16.8. The molecule has 2 unspecified atom stereocenters. The maximum atomic E-state index is 10.4. The Balaban J connectivity index is 2.83. The van der Waals surface area contributed by atoms with Crippen molar-refractivity contribution in [2.45, 2.75) is 38.3 Å². The molecule has 0 bridgehead atoms. The molecule has 5 nitrogen and oxygen atoms in total. The van der Waals surface area contributed by atoms with Crippen LogP contribution in [-0.2, 0) is 14.2 Å². The summed E-state index contributed by atoms with van der Waals surface area (Å²) < 4.78 is 15.5. The molecule has 0 aromatic heterocycles. The average molecular weight is 215 g/mol. The van der Waals surface area contributed by atoms with Crippen molar-refractivity contribution in [3.05, 3.63) is 12.7 Å². The lowest BCUT2D eigenvalue weighted by Gasteiger charge is -2.48. The van der Waals surface area contributed by atoms with Gasteiger partial charge in [0.2, 0.25) is 0 Å². The van der Waals surface area contributed by atoms with E-state index in [2.05, 4.69) is 11.3 Å². The van der Waals surface area contributed by atoms with Crippen molar-refractivity contribution in [3.8, 4) is 0 Å². The maximum absolute atomic E-state index is 10.4. The molecule has 0 saturated carbocycles. The largest absolute Gasteiger partial charge is 0.534 e. The summed E-state index contributed by atoms with van der Waals surface area (Å²) in [5.74, 6) is -0.749. The van der Waals surface area contributed by atoms with Crippen molar-refractivity contribution in [1.29, 1.82) is 0 Å². The van der Waals surface area contributed by atoms with Crippen LogP contribution in [0, 0.1) is 0 Å². The van der Waals surface area contributed by atoms with E-state index in [1.54, 1.807) is 20.8 Å². The standard InChI is InChI=1S/C10H16O5/c1-5-10(15-8(11)12)6-13-9(3,4)14-7(10)2/h5,7H,1,6H2,2-4H3,(H,11,12)/p-1. The zero-order chi connectivity index (χ0) is 11.7. The Morgan fingerprint density at radius 2 is 2.27 bits per heavy atom. The molecule has 0 aliphatic carbocycles. The van der Waals surface area contributed by atoms with E-state index in [1.807, 2.05) is 0 Å². The summed E-state index contributed by atoms with van der Waals surface area (Å²) in [6, 6.07) is 0. The topological polar surface area (TPSA) is 67.8 Å². The minimum Gasteiger partial charge on any atom is -0.534 e. The lowest BCUT2D eigenvalue weighted by atomic mass is 9.96. The molecule has 0 aromatic rings. The van der Waals surface area contributed by atoms with Gasteiger partial charge < -0.3 is 24.1 Å². The molecule has 15 heavy (non-hydrogen) atoms. The first kappa shape index (κ1) is 12.0. The average Bonchev–Trinajstić information content (AvgIpc) is 2.09. The summed E-state index contributed by atoms with van der Waals surface area (Å²) in [6.45, 7) is 8.79. The molecule has 0 spiro atoms. The highest BCUT2D eigenvalue weighted by Crippen LogP contribution is 2.32. The molecule has 1 saturated heterocycles. The van der Waals surface area contributed by atoms with Crippen molar-refractivity contribution < 1.29 is 24.1 Å². The molecule has 0 N–H and O–H groups in total. The van der Waals surface area contributed by atoms with Crippen LogP contribution in [0.25, 0.3) is 0 Å². The second-order valence-electron chi connectivity index (χ2n) is 3.96. The van der Waals surface area contributed by atoms with Gasteiger partial charge in [-0.3, -0.25) is 0 Å². The van der Waals surface area contributed by atoms with Gasteiger partial charge in [-0.05, 0) is 20.8 Å². The molecule has 1 rings (SSSR count). The third kappa shape index (κ3) is 2.49. The summed E-state index contributed by atoms with van der Waals surface area (Å²) in [7, 11) is 0. The molecular formula is C10H15O5-. The van der Waals surface area contributed by atoms with Gasteiger partial charge in [0.05, 0.1) is 12.7 Å². The third-order valence-electron chi connectivity index (χ3n) is 2.41. The molecule has 1 aliphatic heterocycles. The first-order valence-electron chi connectivity index (χ1n) is 4.67. The van der Waals surface area contributed by atoms with Gasteiger partial charge in [0.1, 0.15) is 5.60 Å². The van der Waals surface area contributed by atoms with Gasteiger partial charge in [0.25, 0.3) is 6.16 Å². The van der Waals surface area contributed by atoms with Crippen molar-refractivity contribution in [2.75, 3.05) is 6.61 Å². The van der Waals surface area contributed by atoms with Crippen LogP contribution in [0.1, 0.15) is 20.8 Å². The van der Waals surface area contributed by atoms with E-state index >= 15 is 0 Å². The van der Waals surface area contributed by atoms with Gasteiger partial charge in [-0.1, -0.05) is 6.08 Å². The minimum absolute atomic E-state index is 0.0681. The van der Waals surface area contributed by atoms with Crippen LogP contribution in [0.5, 0.6) is 0 Å². The van der Waals surface area contributed by atoms with Gasteiger partial charge in [-0.2, -0.15) is 0 Å². The zero-order valence-corrected chi connectivity index (χ0v) is 9.11. The highest BCUT2D eigenvalue weighted by Gasteiger charge is 2.43. The molecule has 86 valence electrons. The van der Waals surface area contributed by atoms with E-state index in [-0.39, 0.29) is 6.61 Å². The molecular weight excluding hydrogens is 200 g/mol. The number of hydrogen-bond acceptors (Lipinski definition) is 5. The number of carbonyl (C=O) groups is 1. The first-order valence-corrected chi connectivity index (χ1v) is 4.67. The fraction of sp³-hybridized carbons (Fsp3) is 0.700. The second kappa shape index (κ2) is 3.83. The zero-order valence-electron chi connectivity index (χ0n) is 9.11. The van der Waals surface area contributed by atoms with Gasteiger partial charge in [0.15, 0.2) is 5.79 Å². The van der Waals surface area contributed by atoms with E-state index in [9.17, 15) is 9.90 Å². The number of hydrogen-bond donors (Lipinski definition) is 0. The van der Waals surface area contributed by atoms with Crippen LogP contribution < -0.4 is 5.11 Å². The Bertz CT molecular complexity index is 273. The molecule has 1 heterocycles. The quantitative estimate of drug-likeness (QED) is 0.494. The summed E-state index contributed by atoms with van der Waals surface area (Å²) in [6.07, 6.45) is -0.729. The molecule has 5 heteroatoms. The van der Waals surface area contributed by atoms with Crippen molar-refractivity contribution >= 4 is 6.16 Å². The fourth-order valence-electron chi connectivity index (χ4n) is 1.50. The normalized spacial score (nSPS) is 34.5. The Morgan fingerprint density at radius 3 is 2.67 bits per heavy atom. The van der Waals surface area contributed by atoms with Crippen LogP contribution in [0.4, 0.5) is 4.79 Å². The van der Waals surface area contributed by atoms with Crippen LogP contribution in [0.2, 0.25) is 0 Å². The predicted molar refractivity (Wildman–Crippen MR) is 50.0 cm³/mol. The SMILES string of the molecule is C=CC1(OC(=O)[O-])COC(C)(C)OC1C. The minimum atomic E-state index is -1.62. The molecule has 2 atom stereocenters. The van der Waals surface area contributed by atoms with Crippen molar-refractivity contribution in [2.24, 2.45) is 0 Å². The summed E-state index contributed by atoms with van der Waals surface area (Å²) in [5, 5.41) is 10.4. The fourth-order valence-corrected chi connectivity index (χ4v) is 1.50. The molecule has 1 fully saturated rings.